The van der Waals surface area contributed by atoms with Crippen LogP contribution in [-0.4, -0.2) is 21.8 Å². The van der Waals surface area contributed by atoms with Crippen LogP contribution in [0.4, 0.5) is 10.8 Å². The maximum atomic E-state index is 12.3. The average Bonchev–Trinajstić information content (AvgIpc) is 3.10. The van der Waals surface area contributed by atoms with E-state index in [1.807, 2.05) is 32.0 Å². The molecular formula is C20H18ClN3O3S. The quantitative estimate of drug-likeness (QED) is 0.440. The van der Waals surface area contributed by atoms with Crippen molar-refractivity contribution in [2.24, 2.45) is 0 Å². The zero-order chi connectivity index (χ0) is 20.3. The second-order valence-corrected chi connectivity index (χ2v) is 7.44. The number of hydrogen-bond acceptors (Lipinski definition) is 6. The van der Waals surface area contributed by atoms with E-state index < -0.39 is 5.97 Å². The molecule has 0 aliphatic heterocycles. The Labute approximate surface area is 171 Å². The van der Waals surface area contributed by atoms with Gasteiger partial charge in [0.25, 0.3) is 0 Å². The first kappa shape index (κ1) is 20.0. The number of carbonyl (C=O) groups is 2. The molecule has 0 bridgehead atoms. The topological polar surface area (TPSA) is 72.4 Å². The van der Waals surface area contributed by atoms with Crippen molar-refractivity contribution in [2.75, 3.05) is 4.90 Å². The number of esters is 1. The van der Waals surface area contributed by atoms with E-state index in [-0.39, 0.29) is 12.5 Å². The maximum absolute atomic E-state index is 12.3. The first-order valence-electron chi connectivity index (χ1n) is 8.46. The van der Waals surface area contributed by atoms with Crippen LogP contribution in [0.3, 0.4) is 0 Å². The second-order valence-electron chi connectivity index (χ2n) is 6.21. The molecule has 0 fully saturated rings. The molecule has 0 saturated carbocycles. The normalized spacial score (nSPS) is 10.6. The van der Waals surface area contributed by atoms with Crippen molar-refractivity contribution in [3.05, 3.63) is 69.4 Å². The molecule has 0 spiro atoms. The molecular weight excluding hydrogens is 398 g/mol. The third-order valence-corrected chi connectivity index (χ3v) is 5.05. The Bertz CT molecular complexity index is 1020. The number of ether oxygens (including phenoxy) is 1. The molecule has 3 rings (SSSR count). The molecule has 2 aromatic heterocycles. The second kappa shape index (κ2) is 8.50. The van der Waals surface area contributed by atoms with E-state index in [0.717, 1.165) is 16.8 Å². The zero-order valence-electron chi connectivity index (χ0n) is 15.6. The highest BCUT2D eigenvalue weighted by molar-refractivity contribution is 7.14. The van der Waals surface area contributed by atoms with Gasteiger partial charge in [-0.25, -0.2) is 14.8 Å². The van der Waals surface area contributed by atoms with Crippen LogP contribution < -0.4 is 4.90 Å². The Kier molecular flexibility index (Phi) is 6.06. The van der Waals surface area contributed by atoms with E-state index >= 15 is 0 Å². The highest BCUT2D eigenvalue weighted by Crippen LogP contribution is 2.31. The van der Waals surface area contributed by atoms with Gasteiger partial charge >= 0.3 is 5.97 Å². The molecule has 8 heteroatoms. The summed E-state index contributed by atoms with van der Waals surface area (Å²) in [4.78, 5) is 34.2. The number of amides is 1. The number of hydrogen-bond donors (Lipinski definition) is 0. The molecule has 28 heavy (non-hydrogen) atoms. The average molecular weight is 416 g/mol. The van der Waals surface area contributed by atoms with Gasteiger partial charge in [0.1, 0.15) is 11.8 Å². The highest BCUT2D eigenvalue weighted by atomic mass is 35.5. The molecule has 144 valence electrons. The van der Waals surface area contributed by atoms with Gasteiger partial charge in [-0.15, -0.1) is 11.3 Å². The number of nitrogens with zero attached hydrogens (tertiary/aromatic N) is 3. The van der Waals surface area contributed by atoms with Crippen LogP contribution in [0.15, 0.2) is 41.9 Å². The van der Waals surface area contributed by atoms with Crippen LogP contribution >= 0.6 is 22.9 Å². The Morgan fingerprint density at radius 1 is 1.21 bits per heavy atom. The fraction of sp³-hybridized carbons (Fsp3) is 0.200. The van der Waals surface area contributed by atoms with Crippen LogP contribution in [0.2, 0.25) is 5.15 Å². The predicted molar refractivity (Wildman–Crippen MR) is 109 cm³/mol. The van der Waals surface area contributed by atoms with Gasteiger partial charge in [-0.05, 0) is 37.6 Å². The van der Waals surface area contributed by atoms with Gasteiger partial charge in [0.15, 0.2) is 5.13 Å². The number of anilines is 2. The van der Waals surface area contributed by atoms with Gasteiger partial charge in [0.2, 0.25) is 5.91 Å². The van der Waals surface area contributed by atoms with Crippen LogP contribution in [-0.2, 0) is 16.1 Å². The van der Waals surface area contributed by atoms with E-state index in [4.69, 9.17) is 16.3 Å². The summed E-state index contributed by atoms with van der Waals surface area (Å²) in [6.45, 7) is 5.44. The van der Waals surface area contributed by atoms with Crippen molar-refractivity contribution in [2.45, 2.75) is 27.4 Å². The fourth-order valence-corrected chi connectivity index (χ4v) is 3.62. The summed E-state index contributed by atoms with van der Waals surface area (Å²) >= 11 is 7.03. The van der Waals surface area contributed by atoms with Crippen molar-refractivity contribution >= 4 is 45.6 Å². The maximum Gasteiger partial charge on any atom is 0.340 e. The summed E-state index contributed by atoms with van der Waals surface area (Å²) < 4.78 is 5.27. The van der Waals surface area contributed by atoms with Gasteiger partial charge in [-0.2, -0.15) is 0 Å². The molecule has 0 aliphatic carbocycles. The number of rotatable bonds is 5. The lowest BCUT2D eigenvalue weighted by molar-refractivity contribution is -0.115. The van der Waals surface area contributed by atoms with Crippen LogP contribution in [0, 0.1) is 13.8 Å². The van der Waals surface area contributed by atoms with Crippen molar-refractivity contribution in [3.63, 3.8) is 0 Å². The molecule has 0 atom stereocenters. The fourth-order valence-electron chi connectivity index (χ4n) is 2.65. The molecule has 2 heterocycles. The Morgan fingerprint density at radius 2 is 2.00 bits per heavy atom. The Balaban J connectivity index is 1.75. The minimum Gasteiger partial charge on any atom is -0.456 e. The molecule has 1 amide bonds. The monoisotopic (exact) mass is 415 g/mol. The van der Waals surface area contributed by atoms with Crippen molar-refractivity contribution in [1.82, 2.24) is 9.97 Å². The van der Waals surface area contributed by atoms with Crippen molar-refractivity contribution in [3.8, 4) is 0 Å². The van der Waals surface area contributed by atoms with E-state index in [1.165, 1.54) is 30.5 Å². The summed E-state index contributed by atoms with van der Waals surface area (Å²) in [5.41, 5.74) is 3.75. The molecule has 0 N–H and O–H groups in total. The summed E-state index contributed by atoms with van der Waals surface area (Å²) in [7, 11) is 0. The molecule has 0 unspecified atom stereocenters. The highest BCUT2D eigenvalue weighted by Gasteiger charge is 2.20. The van der Waals surface area contributed by atoms with E-state index in [2.05, 4.69) is 9.97 Å². The first-order chi connectivity index (χ1) is 13.3. The Morgan fingerprint density at radius 3 is 2.64 bits per heavy atom. The van der Waals surface area contributed by atoms with Gasteiger partial charge in [0.05, 0.1) is 16.9 Å². The molecule has 0 saturated heterocycles. The number of aromatic nitrogens is 2. The third kappa shape index (κ3) is 4.55. The third-order valence-electron chi connectivity index (χ3n) is 3.95. The number of carbonyl (C=O) groups excluding carboxylic acids is 2. The minimum atomic E-state index is -0.517. The number of halogens is 1. The lowest BCUT2D eigenvalue weighted by Crippen LogP contribution is -2.23. The summed E-state index contributed by atoms with van der Waals surface area (Å²) in [6.07, 6.45) is 1.36. The van der Waals surface area contributed by atoms with E-state index in [9.17, 15) is 9.59 Å². The van der Waals surface area contributed by atoms with Crippen LogP contribution in [0.25, 0.3) is 0 Å². The summed E-state index contributed by atoms with van der Waals surface area (Å²) in [5, 5.41) is 2.59. The lowest BCUT2D eigenvalue weighted by atomic mass is 10.1. The molecule has 6 nitrogen and oxygen atoms in total. The van der Waals surface area contributed by atoms with Gasteiger partial charge in [0, 0.05) is 18.5 Å². The van der Waals surface area contributed by atoms with E-state index in [0.29, 0.717) is 21.5 Å². The minimum absolute atomic E-state index is 0.00339. The van der Waals surface area contributed by atoms with Gasteiger partial charge in [-0.3, -0.25) is 9.69 Å². The lowest BCUT2D eigenvalue weighted by Gasteiger charge is -2.20. The molecule has 0 aliphatic rings. The summed E-state index contributed by atoms with van der Waals surface area (Å²) in [5.74, 6) is -0.659. The van der Waals surface area contributed by atoms with E-state index in [1.54, 1.807) is 16.3 Å². The number of benzene rings is 1. The number of aryl methyl sites for hydroxylation is 2. The number of thiazole rings is 1. The first-order valence-corrected chi connectivity index (χ1v) is 9.72. The van der Waals surface area contributed by atoms with Crippen molar-refractivity contribution < 1.29 is 14.3 Å². The van der Waals surface area contributed by atoms with Crippen molar-refractivity contribution in [1.29, 1.82) is 0 Å². The number of pyridine rings is 1. The SMILES string of the molecule is CC(=O)N(c1nc(COC(=O)c2ccc(Cl)nc2)cs1)c1ccc(C)cc1C. The standard InChI is InChI=1S/C20H18ClN3O3S/c1-12-4-6-17(13(2)8-12)24(14(3)25)20-23-16(11-28-20)10-27-19(26)15-5-7-18(21)22-9-15/h4-9,11H,10H2,1-3H3. The van der Waals surface area contributed by atoms with Gasteiger partial charge < -0.3 is 4.74 Å². The van der Waals surface area contributed by atoms with Crippen LogP contribution in [0.1, 0.15) is 34.1 Å². The molecule has 1 aromatic carbocycles. The Hall–Kier alpha value is -2.77. The van der Waals surface area contributed by atoms with Crippen LogP contribution in [0.5, 0.6) is 0 Å². The predicted octanol–water partition coefficient (Wildman–Crippen LogP) is 4.85. The molecule has 3 aromatic rings. The zero-order valence-corrected chi connectivity index (χ0v) is 17.2. The van der Waals surface area contributed by atoms with Gasteiger partial charge in [-0.1, -0.05) is 29.3 Å². The molecule has 0 radical (unpaired) electrons. The smallest absolute Gasteiger partial charge is 0.340 e. The summed E-state index contributed by atoms with van der Waals surface area (Å²) in [6, 6.07) is 8.94. The largest absolute Gasteiger partial charge is 0.456 e.